The first kappa shape index (κ1) is 18.9. The van der Waals surface area contributed by atoms with Crippen LogP contribution in [0.2, 0.25) is 0 Å². The van der Waals surface area contributed by atoms with Crippen molar-refractivity contribution in [2.45, 2.75) is 58.7 Å². The average Bonchev–Trinajstić information content (AvgIpc) is 3.30. The molecular formula is C19H31N5O2. The lowest BCUT2D eigenvalue weighted by molar-refractivity contribution is -0.140. The van der Waals surface area contributed by atoms with Crippen LogP contribution < -0.4 is 5.32 Å². The Morgan fingerprint density at radius 2 is 2.12 bits per heavy atom. The summed E-state index contributed by atoms with van der Waals surface area (Å²) in [6.45, 7) is 9.26. The third-order valence-corrected chi connectivity index (χ3v) is 5.03. The molecular weight excluding hydrogens is 330 g/mol. The number of aromatic nitrogens is 2. The summed E-state index contributed by atoms with van der Waals surface area (Å²) in [5.74, 6) is 0.906. The number of nitrogens with one attached hydrogen (secondary N) is 1. The van der Waals surface area contributed by atoms with Gasteiger partial charge in [0.15, 0.2) is 0 Å². The summed E-state index contributed by atoms with van der Waals surface area (Å²) >= 11 is 0. The summed E-state index contributed by atoms with van der Waals surface area (Å²) in [5, 5.41) is 2.92. The van der Waals surface area contributed by atoms with E-state index in [1.165, 1.54) is 0 Å². The van der Waals surface area contributed by atoms with Gasteiger partial charge >= 0.3 is 0 Å². The molecule has 1 aromatic heterocycles. The zero-order chi connectivity index (χ0) is 18.9. The van der Waals surface area contributed by atoms with Crippen LogP contribution in [-0.2, 0) is 23.2 Å². The molecule has 1 aromatic rings. The molecule has 1 saturated carbocycles. The summed E-state index contributed by atoms with van der Waals surface area (Å²) in [6, 6.07) is -0.0833. The summed E-state index contributed by atoms with van der Waals surface area (Å²) in [6.07, 6.45) is 5.97. The second-order valence-corrected chi connectivity index (χ2v) is 8.75. The van der Waals surface area contributed by atoms with E-state index >= 15 is 0 Å². The predicted molar refractivity (Wildman–Crippen MR) is 99.2 cm³/mol. The van der Waals surface area contributed by atoms with E-state index in [0.29, 0.717) is 19.1 Å². The number of rotatable bonds is 6. The van der Waals surface area contributed by atoms with Crippen LogP contribution in [0.4, 0.5) is 0 Å². The number of nitrogens with zero attached hydrogens (tertiary/aromatic N) is 4. The largest absolute Gasteiger partial charge is 0.353 e. The van der Waals surface area contributed by atoms with E-state index in [1.54, 1.807) is 6.20 Å². The first-order valence-electron chi connectivity index (χ1n) is 9.52. The minimum absolute atomic E-state index is 0.0263. The van der Waals surface area contributed by atoms with Gasteiger partial charge in [-0.15, -0.1) is 0 Å². The van der Waals surface area contributed by atoms with Gasteiger partial charge in [-0.1, -0.05) is 20.8 Å². The van der Waals surface area contributed by atoms with E-state index in [0.717, 1.165) is 31.8 Å². The Labute approximate surface area is 155 Å². The molecule has 2 amide bonds. The molecule has 1 atom stereocenters. The Morgan fingerprint density at radius 3 is 2.69 bits per heavy atom. The maximum absolute atomic E-state index is 13.1. The van der Waals surface area contributed by atoms with Crippen LogP contribution in [0, 0.1) is 5.41 Å². The zero-order valence-corrected chi connectivity index (χ0v) is 16.4. The molecule has 0 radical (unpaired) electrons. The standard InChI is InChI=1S/C19H31N5O2/c1-19(2,3)13-23-10-8-21-18(26)15(23)11-17(25)24(14-5-6-14)12-16-20-7-9-22(16)4/h7,9,14-15H,5-6,8,10-13H2,1-4H3,(H,21,26)/t15-/m1/s1. The molecule has 1 N–H and O–H groups in total. The highest BCUT2D eigenvalue weighted by atomic mass is 16.2. The van der Waals surface area contributed by atoms with Gasteiger partial charge in [0.1, 0.15) is 5.82 Å². The number of amides is 2. The van der Waals surface area contributed by atoms with Crippen molar-refractivity contribution in [1.82, 2.24) is 24.7 Å². The van der Waals surface area contributed by atoms with E-state index in [-0.39, 0.29) is 29.7 Å². The van der Waals surface area contributed by atoms with Gasteiger partial charge in [0, 0.05) is 45.1 Å². The minimum Gasteiger partial charge on any atom is -0.353 e. The fourth-order valence-corrected chi connectivity index (χ4v) is 3.57. The Balaban J connectivity index is 1.70. The summed E-state index contributed by atoms with van der Waals surface area (Å²) < 4.78 is 1.95. The molecule has 26 heavy (non-hydrogen) atoms. The quantitative estimate of drug-likeness (QED) is 0.825. The van der Waals surface area contributed by atoms with Gasteiger partial charge in [0.25, 0.3) is 0 Å². The fraction of sp³-hybridized carbons (Fsp3) is 0.737. The number of hydrogen-bond acceptors (Lipinski definition) is 4. The monoisotopic (exact) mass is 361 g/mol. The van der Waals surface area contributed by atoms with Crippen molar-refractivity contribution < 1.29 is 9.59 Å². The van der Waals surface area contributed by atoms with E-state index in [9.17, 15) is 9.59 Å². The number of piperazine rings is 1. The summed E-state index contributed by atoms with van der Waals surface area (Å²) in [5.41, 5.74) is 0.0854. The molecule has 7 nitrogen and oxygen atoms in total. The Morgan fingerprint density at radius 1 is 1.38 bits per heavy atom. The first-order valence-corrected chi connectivity index (χ1v) is 9.52. The molecule has 3 rings (SSSR count). The van der Waals surface area contributed by atoms with Crippen molar-refractivity contribution >= 4 is 11.8 Å². The number of carbonyl (C=O) groups excluding carboxylic acids is 2. The van der Waals surface area contributed by atoms with Gasteiger partial charge in [0.2, 0.25) is 11.8 Å². The van der Waals surface area contributed by atoms with Crippen molar-refractivity contribution in [2.75, 3.05) is 19.6 Å². The van der Waals surface area contributed by atoms with Gasteiger partial charge in [-0.2, -0.15) is 0 Å². The Hall–Kier alpha value is -1.89. The van der Waals surface area contributed by atoms with Crippen LogP contribution in [0.5, 0.6) is 0 Å². The van der Waals surface area contributed by atoms with Crippen LogP contribution >= 0.6 is 0 Å². The third kappa shape index (κ3) is 4.63. The first-order chi connectivity index (χ1) is 12.2. The maximum atomic E-state index is 13.1. The summed E-state index contributed by atoms with van der Waals surface area (Å²) in [7, 11) is 1.94. The predicted octanol–water partition coefficient (Wildman–Crippen LogP) is 1.15. The van der Waals surface area contributed by atoms with Crippen LogP contribution in [0.25, 0.3) is 0 Å². The molecule has 2 fully saturated rings. The van der Waals surface area contributed by atoms with Crippen molar-refractivity contribution in [1.29, 1.82) is 0 Å². The number of aryl methyl sites for hydroxylation is 1. The molecule has 2 aliphatic rings. The summed E-state index contributed by atoms with van der Waals surface area (Å²) in [4.78, 5) is 34.0. The molecule has 2 heterocycles. The van der Waals surface area contributed by atoms with Crippen molar-refractivity contribution in [3.8, 4) is 0 Å². The molecule has 144 valence electrons. The third-order valence-electron chi connectivity index (χ3n) is 5.03. The Kier molecular flexibility index (Phi) is 5.37. The van der Waals surface area contributed by atoms with E-state index in [4.69, 9.17) is 0 Å². The molecule has 7 heteroatoms. The maximum Gasteiger partial charge on any atom is 0.237 e. The second kappa shape index (κ2) is 7.39. The number of imidazole rings is 1. The molecule has 0 aromatic carbocycles. The van der Waals surface area contributed by atoms with E-state index < -0.39 is 0 Å². The molecule has 1 aliphatic heterocycles. The van der Waals surface area contributed by atoms with Crippen molar-refractivity contribution in [2.24, 2.45) is 12.5 Å². The molecule has 0 spiro atoms. The molecule has 0 bridgehead atoms. The van der Waals surface area contributed by atoms with Gasteiger partial charge < -0.3 is 14.8 Å². The lowest BCUT2D eigenvalue weighted by atomic mass is 9.94. The van der Waals surface area contributed by atoms with Crippen molar-refractivity contribution in [3.63, 3.8) is 0 Å². The molecule has 0 unspecified atom stereocenters. The second-order valence-electron chi connectivity index (χ2n) is 8.75. The lowest BCUT2D eigenvalue weighted by Crippen LogP contribution is -2.58. The topological polar surface area (TPSA) is 70.5 Å². The van der Waals surface area contributed by atoms with Crippen LogP contribution in [0.15, 0.2) is 12.4 Å². The van der Waals surface area contributed by atoms with Gasteiger partial charge in [-0.3, -0.25) is 14.5 Å². The lowest BCUT2D eigenvalue weighted by Gasteiger charge is -2.39. The Bertz CT molecular complexity index is 659. The van der Waals surface area contributed by atoms with E-state index in [2.05, 4.69) is 36.0 Å². The average molecular weight is 361 g/mol. The highest BCUT2D eigenvalue weighted by Crippen LogP contribution is 2.29. The minimum atomic E-state index is -0.377. The van der Waals surface area contributed by atoms with Crippen LogP contribution in [0.3, 0.4) is 0 Å². The van der Waals surface area contributed by atoms with E-state index in [1.807, 2.05) is 22.7 Å². The fourth-order valence-electron chi connectivity index (χ4n) is 3.57. The van der Waals surface area contributed by atoms with Gasteiger partial charge in [-0.25, -0.2) is 4.98 Å². The van der Waals surface area contributed by atoms with Crippen LogP contribution in [0.1, 0.15) is 45.9 Å². The van der Waals surface area contributed by atoms with Gasteiger partial charge in [0.05, 0.1) is 19.0 Å². The van der Waals surface area contributed by atoms with Gasteiger partial charge in [-0.05, 0) is 18.3 Å². The van der Waals surface area contributed by atoms with Crippen molar-refractivity contribution in [3.05, 3.63) is 18.2 Å². The zero-order valence-electron chi connectivity index (χ0n) is 16.4. The van der Waals surface area contributed by atoms with Crippen LogP contribution in [-0.4, -0.2) is 62.9 Å². The molecule has 1 saturated heterocycles. The molecule has 1 aliphatic carbocycles. The highest BCUT2D eigenvalue weighted by Gasteiger charge is 2.38. The number of hydrogen-bond donors (Lipinski definition) is 1. The normalized spacial score (nSPS) is 21.5. The SMILES string of the molecule is Cn1ccnc1CN(C(=O)C[C@@H]1C(=O)NCCN1CC(C)(C)C)C1CC1. The highest BCUT2D eigenvalue weighted by molar-refractivity contribution is 5.89. The smallest absolute Gasteiger partial charge is 0.237 e. The number of carbonyl (C=O) groups is 2.